The molecule has 0 aliphatic carbocycles. The number of hydrogen-bond acceptors (Lipinski definition) is 6. The molecule has 116 valence electrons. The second-order valence-corrected chi connectivity index (χ2v) is 6.23. The number of hydrogen-bond donors (Lipinski definition) is 1. The Morgan fingerprint density at radius 1 is 1.32 bits per heavy atom. The van der Waals surface area contributed by atoms with E-state index in [1.54, 1.807) is 19.1 Å². The number of methoxy groups -OCH3 is 1. The molecule has 1 atom stereocenters. The van der Waals surface area contributed by atoms with Crippen molar-refractivity contribution < 1.29 is 9.53 Å². The Labute approximate surface area is 132 Å². The Morgan fingerprint density at radius 2 is 2.05 bits per heavy atom. The number of amides is 1. The predicted octanol–water partition coefficient (Wildman–Crippen LogP) is 0.990. The first-order valence-corrected chi connectivity index (χ1v) is 7.74. The third-order valence-corrected chi connectivity index (χ3v) is 4.85. The molecule has 1 fully saturated rings. The van der Waals surface area contributed by atoms with Gasteiger partial charge < -0.3 is 15.5 Å². The van der Waals surface area contributed by atoms with E-state index in [2.05, 4.69) is 10.2 Å². The Kier molecular flexibility index (Phi) is 3.93. The third kappa shape index (κ3) is 2.61. The molecule has 1 aliphatic rings. The summed E-state index contributed by atoms with van der Waals surface area (Å²) in [6, 6.07) is 7.42. The second-order valence-electron chi connectivity index (χ2n) is 5.06. The Bertz CT molecular complexity index is 685. The van der Waals surface area contributed by atoms with Crippen LogP contribution in [0.25, 0.3) is 11.4 Å². The fourth-order valence-electron chi connectivity index (χ4n) is 2.32. The molecule has 1 aromatic carbocycles. The molecular weight excluding hydrogens is 302 g/mol. The molecule has 1 aromatic heterocycles. The summed E-state index contributed by atoms with van der Waals surface area (Å²) in [6.07, 6.45) is 0.796. The number of benzene rings is 1. The first kappa shape index (κ1) is 14.7. The topological polar surface area (TPSA) is 86.3 Å². The van der Waals surface area contributed by atoms with E-state index < -0.39 is 0 Å². The molecule has 7 nitrogen and oxygen atoms in total. The van der Waals surface area contributed by atoms with Gasteiger partial charge in [-0.25, -0.2) is 4.68 Å². The SMILES string of the molecule is COc1ccc(-c2nnc(SC3CCN(C)C3=O)n2N)cc1. The van der Waals surface area contributed by atoms with Crippen molar-refractivity contribution in [3.8, 4) is 17.1 Å². The summed E-state index contributed by atoms with van der Waals surface area (Å²) in [5.74, 6) is 7.51. The molecule has 0 spiro atoms. The second kappa shape index (κ2) is 5.88. The lowest BCUT2D eigenvalue weighted by atomic mass is 10.2. The zero-order valence-corrected chi connectivity index (χ0v) is 13.2. The molecule has 8 heteroatoms. The quantitative estimate of drug-likeness (QED) is 0.846. The first-order chi connectivity index (χ1) is 10.6. The summed E-state index contributed by atoms with van der Waals surface area (Å²) < 4.78 is 6.56. The van der Waals surface area contributed by atoms with Gasteiger partial charge >= 0.3 is 0 Å². The lowest BCUT2D eigenvalue weighted by Gasteiger charge is -2.09. The van der Waals surface area contributed by atoms with Crippen molar-refractivity contribution in [3.05, 3.63) is 24.3 Å². The third-order valence-electron chi connectivity index (χ3n) is 3.64. The molecule has 1 unspecified atom stereocenters. The lowest BCUT2D eigenvalue weighted by Crippen LogP contribution is -2.24. The van der Waals surface area contributed by atoms with E-state index in [-0.39, 0.29) is 11.2 Å². The molecule has 3 rings (SSSR count). The number of aromatic nitrogens is 3. The minimum absolute atomic E-state index is 0.110. The van der Waals surface area contributed by atoms with Crippen LogP contribution in [0.5, 0.6) is 5.75 Å². The molecule has 1 aliphatic heterocycles. The predicted molar refractivity (Wildman–Crippen MR) is 84.1 cm³/mol. The van der Waals surface area contributed by atoms with Crippen LogP contribution in [0.2, 0.25) is 0 Å². The minimum Gasteiger partial charge on any atom is -0.497 e. The highest BCUT2D eigenvalue weighted by Gasteiger charge is 2.31. The summed E-state index contributed by atoms with van der Waals surface area (Å²) in [5, 5.41) is 8.64. The molecule has 0 bridgehead atoms. The average molecular weight is 319 g/mol. The molecule has 1 saturated heterocycles. The highest BCUT2D eigenvalue weighted by molar-refractivity contribution is 8.00. The van der Waals surface area contributed by atoms with Crippen molar-refractivity contribution in [2.45, 2.75) is 16.8 Å². The van der Waals surface area contributed by atoms with E-state index in [9.17, 15) is 4.79 Å². The maximum Gasteiger partial charge on any atom is 0.235 e. The zero-order chi connectivity index (χ0) is 15.7. The summed E-state index contributed by atoms with van der Waals surface area (Å²) in [5.41, 5.74) is 0.845. The van der Waals surface area contributed by atoms with Crippen LogP contribution in [0.4, 0.5) is 0 Å². The van der Waals surface area contributed by atoms with Crippen molar-refractivity contribution in [1.82, 2.24) is 19.8 Å². The van der Waals surface area contributed by atoms with Crippen LogP contribution < -0.4 is 10.6 Å². The van der Waals surface area contributed by atoms with E-state index in [0.29, 0.717) is 11.0 Å². The van der Waals surface area contributed by atoms with Gasteiger partial charge in [0.1, 0.15) is 5.75 Å². The normalized spacial score (nSPS) is 18.0. The lowest BCUT2D eigenvalue weighted by molar-refractivity contribution is -0.126. The van der Waals surface area contributed by atoms with E-state index in [0.717, 1.165) is 24.3 Å². The molecule has 2 aromatic rings. The molecule has 22 heavy (non-hydrogen) atoms. The Hall–Kier alpha value is -2.22. The zero-order valence-electron chi connectivity index (χ0n) is 12.4. The highest BCUT2D eigenvalue weighted by atomic mass is 32.2. The van der Waals surface area contributed by atoms with Crippen molar-refractivity contribution >= 4 is 17.7 Å². The number of nitrogens with zero attached hydrogens (tertiary/aromatic N) is 4. The van der Waals surface area contributed by atoms with Crippen LogP contribution in [-0.4, -0.2) is 51.6 Å². The molecule has 1 amide bonds. The monoisotopic (exact) mass is 319 g/mol. The largest absolute Gasteiger partial charge is 0.497 e. The van der Waals surface area contributed by atoms with Crippen molar-refractivity contribution in [2.75, 3.05) is 26.5 Å². The van der Waals surface area contributed by atoms with Gasteiger partial charge in [0.25, 0.3) is 0 Å². The van der Waals surface area contributed by atoms with Gasteiger partial charge in [0, 0.05) is 19.2 Å². The number of carbonyl (C=O) groups excluding carboxylic acids is 1. The smallest absolute Gasteiger partial charge is 0.235 e. The Morgan fingerprint density at radius 3 is 2.64 bits per heavy atom. The number of nitrogen functional groups attached to an aromatic ring is 1. The highest BCUT2D eigenvalue weighted by Crippen LogP contribution is 2.30. The molecule has 0 radical (unpaired) electrons. The van der Waals surface area contributed by atoms with Crippen LogP contribution in [0.1, 0.15) is 6.42 Å². The van der Waals surface area contributed by atoms with Crippen molar-refractivity contribution in [1.29, 1.82) is 0 Å². The Balaban J connectivity index is 1.81. The molecular formula is C14H17N5O2S. The van der Waals surface area contributed by atoms with Crippen LogP contribution >= 0.6 is 11.8 Å². The van der Waals surface area contributed by atoms with Gasteiger partial charge in [-0.15, -0.1) is 10.2 Å². The van der Waals surface area contributed by atoms with Gasteiger partial charge in [-0.05, 0) is 30.7 Å². The number of carbonyl (C=O) groups is 1. The first-order valence-electron chi connectivity index (χ1n) is 6.86. The molecule has 2 heterocycles. The maximum atomic E-state index is 12.0. The van der Waals surface area contributed by atoms with E-state index in [1.807, 2.05) is 24.3 Å². The van der Waals surface area contributed by atoms with E-state index in [4.69, 9.17) is 10.6 Å². The van der Waals surface area contributed by atoms with Gasteiger partial charge in [0.2, 0.25) is 11.1 Å². The summed E-state index contributed by atoms with van der Waals surface area (Å²) in [6.45, 7) is 0.764. The minimum atomic E-state index is -0.139. The van der Waals surface area contributed by atoms with Crippen LogP contribution in [-0.2, 0) is 4.79 Å². The summed E-state index contributed by atoms with van der Waals surface area (Å²) in [4.78, 5) is 13.7. The van der Waals surface area contributed by atoms with Gasteiger partial charge in [-0.2, -0.15) is 0 Å². The van der Waals surface area contributed by atoms with Crippen molar-refractivity contribution in [3.63, 3.8) is 0 Å². The molecule has 0 saturated carbocycles. The summed E-state index contributed by atoms with van der Waals surface area (Å²) >= 11 is 1.36. The van der Waals surface area contributed by atoms with Gasteiger partial charge in [0.15, 0.2) is 5.82 Å². The molecule has 2 N–H and O–H groups in total. The van der Waals surface area contributed by atoms with Crippen LogP contribution in [0.15, 0.2) is 29.4 Å². The van der Waals surface area contributed by atoms with Gasteiger partial charge in [-0.1, -0.05) is 11.8 Å². The standard InChI is InChI=1S/C14H17N5O2S/c1-18-8-7-11(13(18)20)22-14-17-16-12(19(14)15)9-3-5-10(21-2)6-4-9/h3-6,11H,7-8,15H2,1-2H3. The average Bonchev–Trinajstić information content (AvgIpc) is 3.05. The fourth-order valence-corrected chi connectivity index (χ4v) is 3.37. The van der Waals surface area contributed by atoms with Crippen LogP contribution in [0.3, 0.4) is 0 Å². The number of nitrogens with two attached hydrogens (primary N) is 1. The number of likely N-dealkylation sites (tertiary alicyclic amines) is 1. The number of ether oxygens (including phenoxy) is 1. The van der Waals surface area contributed by atoms with E-state index >= 15 is 0 Å². The fraction of sp³-hybridized carbons (Fsp3) is 0.357. The van der Waals surface area contributed by atoms with Crippen molar-refractivity contribution in [2.24, 2.45) is 0 Å². The maximum absolute atomic E-state index is 12.0. The van der Waals surface area contributed by atoms with Gasteiger partial charge in [-0.3, -0.25) is 4.79 Å². The number of thioether (sulfide) groups is 1. The van der Waals surface area contributed by atoms with Crippen LogP contribution in [0, 0.1) is 0 Å². The summed E-state index contributed by atoms with van der Waals surface area (Å²) in [7, 11) is 3.42. The number of rotatable bonds is 4. The van der Waals surface area contributed by atoms with E-state index in [1.165, 1.54) is 16.4 Å². The van der Waals surface area contributed by atoms with Gasteiger partial charge in [0.05, 0.1) is 12.4 Å².